The number of nitrogens with one attached hydrogen (secondary N) is 3. The van der Waals surface area contributed by atoms with E-state index >= 15 is 0 Å². The van der Waals surface area contributed by atoms with Crippen molar-refractivity contribution in [2.24, 2.45) is 11.3 Å². The van der Waals surface area contributed by atoms with Crippen LogP contribution in [0, 0.1) is 25.2 Å². The Bertz CT molecular complexity index is 3190. The molecular formula is C62H77N9O7S. The number of aryl methyl sites for hydroxylation is 2. The summed E-state index contributed by atoms with van der Waals surface area (Å²) in [5.74, 6) is 2.38. The number of hydrogen-bond acceptors (Lipinski definition) is 12. The number of pyridine rings is 2. The minimum atomic E-state index is -3.22. The number of amides is 4. The number of piperidine rings is 2. The highest BCUT2D eigenvalue weighted by atomic mass is 32.2. The van der Waals surface area contributed by atoms with Crippen LogP contribution in [0.3, 0.4) is 0 Å². The van der Waals surface area contributed by atoms with E-state index in [9.17, 15) is 27.6 Å². The van der Waals surface area contributed by atoms with Crippen LogP contribution in [0.1, 0.15) is 109 Å². The number of carbonyl (C=O) groups is 4. The number of aromatic nitrogens is 2. The molecule has 6 aromatic rings. The smallest absolute Gasteiger partial charge is 0.259 e. The third-order valence-corrected chi connectivity index (χ3v) is 15.7. The fraction of sp³-hybridized carbons (Fsp3) is 0.387. The molecule has 0 spiro atoms. The van der Waals surface area contributed by atoms with Crippen LogP contribution in [0.25, 0.3) is 0 Å². The molecule has 418 valence electrons. The Morgan fingerprint density at radius 3 is 1.77 bits per heavy atom. The number of carbonyl (C=O) groups excluding carboxylic acids is 4. The van der Waals surface area contributed by atoms with E-state index < -0.39 is 9.84 Å². The molecular weight excluding hydrogens is 1010 g/mol. The van der Waals surface area contributed by atoms with Crippen LogP contribution in [0.2, 0.25) is 0 Å². The number of likely N-dealkylation sites (tertiary alicyclic amines) is 2. The van der Waals surface area contributed by atoms with Crippen LogP contribution in [-0.2, 0) is 16.3 Å². The number of sulfone groups is 1. The van der Waals surface area contributed by atoms with Gasteiger partial charge in [0.05, 0.1) is 23.1 Å². The first-order valence-electron chi connectivity index (χ1n) is 26.9. The SMILES string of the molecule is COc1ccc(CC2CCN(C(=O)c3ccc(C)c(NC(=O)c4ccc(NCC(C)(C)CN(C)C)nc4)c3)CC2)cc1.Cc1ccc(C(=O)N2CCC(c3ccc(S(C)(=O)=O)cc3)CC2)cc1NC(=O)c1cccnc1N(C)C. The van der Waals surface area contributed by atoms with E-state index in [0.717, 1.165) is 86.5 Å². The molecule has 0 radical (unpaired) electrons. The summed E-state index contributed by atoms with van der Waals surface area (Å²) in [6, 6.07) is 33.2. The number of benzene rings is 4. The predicted octanol–water partition coefficient (Wildman–Crippen LogP) is 9.88. The largest absolute Gasteiger partial charge is 0.497 e. The number of hydrogen-bond donors (Lipinski definition) is 3. The van der Waals surface area contributed by atoms with Gasteiger partial charge in [-0.15, -0.1) is 0 Å². The molecule has 3 N–H and O–H groups in total. The van der Waals surface area contributed by atoms with Gasteiger partial charge in [0.25, 0.3) is 23.6 Å². The van der Waals surface area contributed by atoms with Gasteiger partial charge in [-0.3, -0.25) is 19.2 Å². The second-order valence-corrected chi connectivity index (χ2v) is 24.1. The Hall–Kier alpha value is -7.63. The van der Waals surface area contributed by atoms with Crippen molar-refractivity contribution in [3.05, 3.63) is 166 Å². The first-order valence-corrected chi connectivity index (χ1v) is 28.8. The molecule has 0 saturated carbocycles. The first kappa shape index (κ1) is 59.0. The molecule has 2 aliphatic heterocycles. The van der Waals surface area contributed by atoms with Crippen LogP contribution >= 0.6 is 0 Å². The van der Waals surface area contributed by atoms with Crippen molar-refractivity contribution in [2.45, 2.75) is 70.6 Å². The molecule has 79 heavy (non-hydrogen) atoms. The maximum atomic E-state index is 13.4. The van der Waals surface area contributed by atoms with Gasteiger partial charge >= 0.3 is 0 Å². The molecule has 2 aromatic heterocycles. The third kappa shape index (κ3) is 16.2. The molecule has 0 atom stereocenters. The lowest BCUT2D eigenvalue weighted by Gasteiger charge is -2.32. The van der Waals surface area contributed by atoms with E-state index in [-0.39, 0.29) is 35.0 Å². The van der Waals surface area contributed by atoms with E-state index in [1.54, 1.807) is 72.9 Å². The van der Waals surface area contributed by atoms with Crippen molar-refractivity contribution in [2.75, 3.05) is 102 Å². The highest BCUT2D eigenvalue weighted by Gasteiger charge is 2.27. The van der Waals surface area contributed by atoms with Crippen LogP contribution in [0.5, 0.6) is 5.75 Å². The fourth-order valence-corrected chi connectivity index (χ4v) is 10.8. The van der Waals surface area contributed by atoms with E-state index in [1.807, 2.05) is 86.3 Å². The number of anilines is 4. The van der Waals surface area contributed by atoms with Crippen LogP contribution in [0.4, 0.5) is 23.0 Å². The molecule has 16 nitrogen and oxygen atoms in total. The quantitative estimate of drug-likeness (QED) is 0.0786. The molecule has 0 bridgehead atoms. The van der Waals surface area contributed by atoms with Gasteiger partial charge in [0.2, 0.25) is 0 Å². The lowest BCUT2D eigenvalue weighted by molar-refractivity contribution is 0.0688. The minimum Gasteiger partial charge on any atom is -0.497 e. The second-order valence-electron chi connectivity index (χ2n) is 22.1. The minimum absolute atomic E-state index is 0.00248. The average molecular weight is 1090 g/mol. The van der Waals surface area contributed by atoms with Crippen molar-refractivity contribution in [1.82, 2.24) is 24.7 Å². The molecule has 8 rings (SSSR count). The van der Waals surface area contributed by atoms with Gasteiger partial charge in [0.15, 0.2) is 9.84 Å². The molecule has 0 aliphatic carbocycles. The van der Waals surface area contributed by atoms with Gasteiger partial charge in [-0.25, -0.2) is 18.4 Å². The molecule has 2 aliphatic rings. The number of nitrogens with zero attached hydrogens (tertiary/aromatic N) is 6. The summed E-state index contributed by atoms with van der Waals surface area (Å²) in [5, 5.41) is 9.29. The number of methoxy groups -OCH3 is 1. The molecule has 17 heteroatoms. The molecule has 4 amide bonds. The Morgan fingerprint density at radius 2 is 1.25 bits per heavy atom. The van der Waals surface area contributed by atoms with Gasteiger partial charge in [-0.2, -0.15) is 0 Å². The van der Waals surface area contributed by atoms with Crippen molar-refractivity contribution < 1.29 is 32.3 Å². The Kier molecular flexibility index (Phi) is 19.7. The van der Waals surface area contributed by atoms with E-state index in [2.05, 4.69) is 70.9 Å². The van der Waals surface area contributed by atoms with E-state index in [0.29, 0.717) is 63.3 Å². The van der Waals surface area contributed by atoms with Gasteiger partial charge in [-0.1, -0.05) is 50.2 Å². The maximum Gasteiger partial charge on any atom is 0.259 e. The zero-order valence-electron chi connectivity index (χ0n) is 47.4. The summed E-state index contributed by atoms with van der Waals surface area (Å²) in [7, 11) is 6.25. The third-order valence-electron chi connectivity index (χ3n) is 14.6. The fourth-order valence-electron chi connectivity index (χ4n) is 10.2. The Morgan fingerprint density at radius 1 is 0.696 bits per heavy atom. The summed E-state index contributed by atoms with van der Waals surface area (Å²) >= 11 is 0. The number of rotatable bonds is 17. The lowest BCUT2D eigenvalue weighted by Crippen LogP contribution is -2.39. The van der Waals surface area contributed by atoms with Crippen LogP contribution in [-0.4, -0.2) is 138 Å². The topological polar surface area (TPSA) is 186 Å². The summed E-state index contributed by atoms with van der Waals surface area (Å²) < 4.78 is 28.7. The highest BCUT2D eigenvalue weighted by molar-refractivity contribution is 7.90. The van der Waals surface area contributed by atoms with Crippen molar-refractivity contribution in [1.29, 1.82) is 0 Å². The molecule has 2 saturated heterocycles. The first-order chi connectivity index (χ1) is 37.6. The predicted molar refractivity (Wildman–Crippen MR) is 315 cm³/mol. The second kappa shape index (κ2) is 26.3. The van der Waals surface area contributed by atoms with Crippen molar-refractivity contribution in [3.8, 4) is 5.75 Å². The van der Waals surface area contributed by atoms with E-state index in [1.165, 1.54) is 11.8 Å². The van der Waals surface area contributed by atoms with Crippen LogP contribution in [0.15, 0.2) is 126 Å². The van der Waals surface area contributed by atoms with Gasteiger partial charge in [-0.05, 0) is 172 Å². The Balaban J connectivity index is 0.000000230. The normalized spacial score (nSPS) is 14.2. The summed E-state index contributed by atoms with van der Waals surface area (Å²) in [6.45, 7) is 12.6. The summed E-state index contributed by atoms with van der Waals surface area (Å²) in [4.78, 5) is 69.5. The maximum absolute atomic E-state index is 13.4. The van der Waals surface area contributed by atoms with Crippen LogP contribution < -0.4 is 25.6 Å². The monoisotopic (exact) mass is 1090 g/mol. The van der Waals surface area contributed by atoms with Gasteiger partial charge < -0.3 is 40.3 Å². The molecule has 4 aromatic carbocycles. The summed E-state index contributed by atoms with van der Waals surface area (Å²) in [6.07, 6.45) is 8.97. The standard InChI is InChI=1S/C34H45N5O3.C28H32N4O4S/c1-24-7-10-27(33(41)39-17-15-26(16-18-39)19-25-8-12-29(42-6)13-9-25)20-30(24)37-32(40)28-11-14-31(35-21-28)36-22-34(2,3)23-38(4)5;1-19-7-8-22(18-25(19)30-27(33)24-6-5-15-29-26(24)31(2)3)28(34)32-16-13-21(14-17-32)20-9-11-23(12-10-20)37(4,35)36/h7-14,20-21,26H,15-19,22-23H2,1-6H3,(H,35,36)(H,37,40);5-12,15,18,21H,13-14,16-17H2,1-4H3,(H,30,33). The zero-order valence-corrected chi connectivity index (χ0v) is 48.2. The van der Waals surface area contributed by atoms with Gasteiger partial charge in [0, 0.05) is 94.5 Å². The highest BCUT2D eigenvalue weighted by Crippen LogP contribution is 2.31. The van der Waals surface area contributed by atoms with Crippen molar-refractivity contribution in [3.63, 3.8) is 0 Å². The van der Waals surface area contributed by atoms with E-state index in [4.69, 9.17) is 4.74 Å². The van der Waals surface area contributed by atoms with Gasteiger partial charge in [0.1, 0.15) is 17.4 Å². The zero-order chi connectivity index (χ0) is 57.0. The summed E-state index contributed by atoms with van der Waals surface area (Å²) in [5.41, 5.74) is 7.46. The number of ether oxygens (including phenoxy) is 1. The van der Waals surface area contributed by atoms with Crippen molar-refractivity contribution >= 4 is 56.5 Å². The molecule has 2 fully saturated rings. The molecule has 4 heterocycles. The molecule has 0 unspecified atom stereocenters. The lowest BCUT2D eigenvalue weighted by atomic mass is 9.89. The Labute approximate surface area is 466 Å². The average Bonchev–Trinajstić information content (AvgIpc) is 3.43.